The van der Waals surface area contributed by atoms with E-state index >= 15 is 8.78 Å². The van der Waals surface area contributed by atoms with E-state index in [1.54, 1.807) is 44.4 Å². The largest absolute Gasteiger partial charge is 0.472 e. The average molecular weight is 877 g/mol. The number of aromatic nitrogens is 10. The fourth-order valence-corrected chi connectivity index (χ4v) is 7.16. The predicted octanol–water partition coefficient (Wildman–Crippen LogP) is 3.33. The quantitative estimate of drug-likeness (QED) is 0.132. The van der Waals surface area contributed by atoms with Crippen LogP contribution in [0.15, 0.2) is 73.1 Å². The smallest absolute Gasteiger partial charge is 0.441 e. The molecule has 2 fully saturated rings. The molecule has 22 nitrogen and oxygen atoms in total. The van der Waals surface area contributed by atoms with Crippen molar-refractivity contribution in [1.29, 1.82) is 0 Å². The second kappa shape index (κ2) is 17.7. The number of anilines is 2. The first-order valence-corrected chi connectivity index (χ1v) is 20.1. The third-order valence-electron chi connectivity index (χ3n) is 9.37. The van der Waals surface area contributed by atoms with Crippen molar-refractivity contribution >= 4 is 31.4 Å². The van der Waals surface area contributed by atoms with Crippen molar-refractivity contribution in [2.24, 2.45) is 14.1 Å². The number of cyclic esters (lactones) is 2. The molecular weight excluding hydrogens is 841 g/mol. The number of carbonyl (C=O) groups is 2. The molecule has 322 valence electrons. The molecule has 4 aromatic heterocycles. The summed E-state index contributed by atoms with van der Waals surface area (Å²) in [5.41, 5.74) is 2.76. The molecule has 0 saturated carbocycles. The highest BCUT2D eigenvalue weighted by Gasteiger charge is 2.36. The lowest BCUT2D eigenvalue weighted by atomic mass is 10.1. The Hall–Kier alpha value is -6.69. The number of phosphoric ester groups is 1. The van der Waals surface area contributed by atoms with Crippen LogP contribution in [0.2, 0.25) is 0 Å². The van der Waals surface area contributed by atoms with Crippen molar-refractivity contribution in [2.45, 2.75) is 18.3 Å². The lowest BCUT2D eigenvalue weighted by Gasteiger charge is -2.17. The number of aliphatic hydroxyl groups is 1. The summed E-state index contributed by atoms with van der Waals surface area (Å²) >= 11 is 0. The van der Waals surface area contributed by atoms with Gasteiger partial charge in [0.2, 0.25) is 11.6 Å². The highest BCUT2D eigenvalue weighted by molar-refractivity contribution is 7.47. The van der Waals surface area contributed by atoms with Gasteiger partial charge in [-0.05, 0) is 59.0 Å². The Morgan fingerprint density at radius 2 is 1.24 bits per heavy atom. The summed E-state index contributed by atoms with van der Waals surface area (Å²) in [6.07, 6.45) is -1.81. The number of hydrogen-bond acceptors (Lipinski definition) is 17. The van der Waals surface area contributed by atoms with Gasteiger partial charge in [0.15, 0.2) is 0 Å². The number of pyridine rings is 2. The molecule has 2 saturated heterocycles. The molecule has 62 heavy (non-hydrogen) atoms. The number of tetrazole rings is 2. The van der Waals surface area contributed by atoms with Crippen molar-refractivity contribution < 1.29 is 56.2 Å². The number of aliphatic hydroxyl groups excluding tert-OH is 1. The first-order valence-electron chi connectivity index (χ1n) is 18.6. The van der Waals surface area contributed by atoms with E-state index in [0.29, 0.717) is 34.2 Å². The molecule has 2 aliphatic rings. The Labute approximate surface area is 349 Å². The van der Waals surface area contributed by atoms with Crippen molar-refractivity contribution in [2.75, 3.05) is 49.3 Å². The predicted molar refractivity (Wildman–Crippen MR) is 209 cm³/mol. The molecule has 0 radical (unpaired) electrons. The summed E-state index contributed by atoms with van der Waals surface area (Å²) in [5, 5.41) is 33.8. The third kappa shape index (κ3) is 9.59. The Morgan fingerprint density at radius 3 is 1.68 bits per heavy atom. The van der Waals surface area contributed by atoms with Crippen LogP contribution in [0.1, 0.15) is 0 Å². The lowest BCUT2D eigenvalue weighted by Crippen LogP contribution is -2.28. The van der Waals surface area contributed by atoms with E-state index in [4.69, 9.17) is 23.3 Å². The molecule has 4 atom stereocenters. The molecule has 2 amide bonds. The van der Waals surface area contributed by atoms with Crippen molar-refractivity contribution in [1.82, 2.24) is 50.4 Å². The Morgan fingerprint density at radius 1 is 0.742 bits per heavy atom. The Bertz CT molecular complexity index is 2640. The van der Waals surface area contributed by atoms with Gasteiger partial charge in [-0.15, -0.1) is 20.4 Å². The molecule has 8 rings (SSSR count). The van der Waals surface area contributed by atoms with Crippen LogP contribution in [-0.4, -0.2) is 130 Å². The zero-order chi connectivity index (χ0) is 43.5. The second-order valence-electron chi connectivity index (χ2n) is 13.9. The summed E-state index contributed by atoms with van der Waals surface area (Å²) in [6.45, 7) is -1.87. The van der Waals surface area contributed by atoms with Crippen LogP contribution in [-0.2, 0) is 41.9 Å². The topological polar surface area (TPSA) is 257 Å². The van der Waals surface area contributed by atoms with Crippen LogP contribution in [0.3, 0.4) is 0 Å². The fraction of sp³-hybridized carbons (Fsp3) is 0.297. The molecule has 6 aromatic rings. The van der Waals surface area contributed by atoms with Gasteiger partial charge in [0.05, 0.1) is 65.0 Å². The van der Waals surface area contributed by atoms with E-state index in [1.165, 1.54) is 51.2 Å². The van der Waals surface area contributed by atoms with Gasteiger partial charge in [-0.25, -0.2) is 22.9 Å². The monoisotopic (exact) mass is 876 g/mol. The molecule has 25 heteroatoms. The number of ether oxygens (including phenoxy) is 3. The molecule has 0 aliphatic carbocycles. The molecule has 0 bridgehead atoms. The van der Waals surface area contributed by atoms with Crippen molar-refractivity contribution in [3.05, 3.63) is 84.7 Å². The molecule has 2 aromatic carbocycles. The fourth-order valence-electron chi connectivity index (χ4n) is 6.37. The van der Waals surface area contributed by atoms with Crippen LogP contribution in [0, 0.1) is 11.6 Å². The van der Waals surface area contributed by atoms with Crippen LogP contribution in [0.5, 0.6) is 0 Å². The van der Waals surface area contributed by atoms with E-state index in [-0.39, 0.29) is 48.8 Å². The van der Waals surface area contributed by atoms with Gasteiger partial charge < -0.3 is 24.2 Å². The minimum absolute atomic E-state index is 0.0191. The number of aryl methyl sites for hydroxylation is 2. The summed E-state index contributed by atoms with van der Waals surface area (Å²) in [5.74, 6) is -0.609. The number of halogens is 2. The number of carbonyl (C=O) groups excluding carboxylic acids is 2. The molecular formula is C37H35F2N12O10P. The number of benzene rings is 2. The SMILES string of the molecule is Cn1nnc(-c2ccc(-c3ccc(N4CC(COCC(O)COP(=O)(O)OC[C@H]5CN(c6ccc(-c7ccc(-c8nnn(C)n8)nc7)c(F)c6)C(=O)O5)OC4=O)cc3F)cn2)n1. The Kier molecular flexibility index (Phi) is 12.0. The van der Waals surface area contributed by atoms with E-state index in [9.17, 15) is 24.2 Å². The first kappa shape index (κ1) is 42.0. The van der Waals surface area contributed by atoms with Crippen LogP contribution >= 0.6 is 7.82 Å². The Balaban J connectivity index is 0.753. The minimum atomic E-state index is -4.75. The highest BCUT2D eigenvalue weighted by atomic mass is 31.2. The summed E-state index contributed by atoms with van der Waals surface area (Å²) in [7, 11) is -1.51. The number of amides is 2. The second-order valence-corrected chi connectivity index (χ2v) is 15.3. The van der Waals surface area contributed by atoms with Crippen LogP contribution < -0.4 is 9.80 Å². The molecule has 0 spiro atoms. The lowest BCUT2D eigenvalue weighted by molar-refractivity contribution is -0.0208. The zero-order valence-corrected chi connectivity index (χ0v) is 33.5. The van der Waals surface area contributed by atoms with Gasteiger partial charge in [0, 0.05) is 34.6 Å². The first-order chi connectivity index (χ1) is 29.8. The number of phosphoric acid groups is 1. The van der Waals surface area contributed by atoms with Crippen molar-refractivity contribution in [3.63, 3.8) is 0 Å². The molecule has 3 unspecified atom stereocenters. The van der Waals surface area contributed by atoms with Gasteiger partial charge in [-0.2, -0.15) is 9.59 Å². The maximum atomic E-state index is 15.2. The molecule has 6 heterocycles. The van der Waals surface area contributed by atoms with Gasteiger partial charge >= 0.3 is 20.0 Å². The zero-order valence-electron chi connectivity index (χ0n) is 32.6. The van der Waals surface area contributed by atoms with Crippen LogP contribution in [0.4, 0.5) is 29.7 Å². The van der Waals surface area contributed by atoms with E-state index in [2.05, 4.69) is 40.8 Å². The van der Waals surface area contributed by atoms with Gasteiger partial charge in [-0.3, -0.25) is 28.8 Å². The average Bonchev–Trinajstić information content (AvgIpc) is 4.07. The van der Waals surface area contributed by atoms with Crippen molar-refractivity contribution in [3.8, 4) is 45.3 Å². The van der Waals surface area contributed by atoms with E-state index < -0.39 is 63.2 Å². The molecule has 2 aliphatic heterocycles. The van der Waals surface area contributed by atoms with Gasteiger partial charge in [0.1, 0.15) is 41.3 Å². The maximum absolute atomic E-state index is 15.2. The summed E-state index contributed by atoms with van der Waals surface area (Å²) in [6, 6.07) is 15.0. The standard InChI is InChI=1S/C37H35F2N12O10P/c1-48-44-34(42-46-48)32-9-3-21(13-40-32)28-7-5-23(11-30(28)38)50-15-26(60-36(50)53)19-57-17-25(52)18-58-62(55,56)59-20-27-16-51(37(54)61-27)24-6-8-29(31(39)12-24)22-4-10-33(41-14-22)35-43-47-49(2)45-35/h3-14,25-27,52H,15-20H2,1-2H3,(H,55,56)/t25?,26?,27-/m1/s1. The number of hydrogen-bond donors (Lipinski definition) is 2. The summed E-state index contributed by atoms with van der Waals surface area (Å²) < 4.78 is 68.9. The number of nitrogens with zero attached hydrogens (tertiary/aromatic N) is 12. The maximum Gasteiger partial charge on any atom is 0.472 e. The summed E-state index contributed by atoms with van der Waals surface area (Å²) in [4.78, 5) is 49.0. The third-order valence-corrected chi connectivity index (χ3v) is 10.3. The van der Waals surface area contributed by atoms with Gasteiger partial charge in [-0.1, -0.05) is 12.1 Å². The normalized spacial score (nSPS) is 17.9. The minimum Gasteiger partial charge on any atom is -0.441 e. The van der Waals surface area contributed by atoms with E-state index in [1.807, 2.05) is 0 Å². The highest BCUT2D eigenvalue weighted by Crippen LogP contribution is 2.44. The van der Waals surface area contributed by atoms with E-state index in [0.717, 1.165) is 11.0 Å². The molecule has 2 N–H and O–H groups in total. The van der Waals surface area contributed by atoms with Crippen LogP contribution in [0.25, 0.3) is 45.3 Å². The van der Waals surface area contributed by atoms with Gasteiger partial charge in [0.25, 0.3) is 0 Å². The number of rotatable bonds is 16.